The van der Waals surface area contributed by atoms with Gasteiger partial charge in [-0.2, -0.15) is 4.36 Å². The third-order valence-electron chi connectivity index (χ3n) is 5.40. The molecule has 1 aromatic heterocycles. The Bertz CT molecular complexity index is 1260. The summed E-state index contributed by atoms with van der Waals surface area (Å²) in [6, 6.07) is 7.86. The molecule has 0 amide bonds. The number of ether oxygens (including phenoxy) is 1. The van der Waals surface area contributed by atoms with Gasteiger partial charge in [0.25, 0.3) is 0 Å². The van der Waals surface area contributed by atoms with Crippen molar-refractivity contribution in [3.63, 3.8) is 0 Å². The first kappa shape index (κ1) is 22.9. The maximum atomic E-state index is 14.0. The molecule has 1 aliphatic carbocycles. The zero-order valence-electron chi connectivity index (χ0n) is 17.9. The van der Waals surface area contributed by atoms with E-state index in [0.29, 0.717) is 52.3 Å². The molecule has 1 saturated carbocycles. The van der Waals surface area contributed by atoms with E-state index in [9.17, 15) is 13.7 Å². The van der Waals surface area contributed by atoms with Crippen LogP contribution < -0.4 is 4.74 Å². The van der Waals surface area contributed by atoms with E-state index in [1.165, 1.54) is 18.5 Å². The van der Waals surface area contributed by atoms with E-state index >= 15 is 0 Å². The first-order valence-electron chi connectivity index (χ1n) is 10.4. The maximum absolute atomic E-state index is 14.0. The van der Waals surface area contributed by atoms with Crippen LogP contribution in [0, 0.1) is 5.82 Å². The zero-order chi connectivity index (χ0) is 22.9. The van der Waals surface area contributed by atoms with Gasteiger partial charge in [-0.15, -0.1) is 0 Å². The van der Waals surface area contributed by atoms with E-state index in [1.807, 2.05) is 0 Å². The molecule has 4 rings (SSSR count). The molecule has 1 heterocycles. The largest absolute Gasteiger partial charge is 0.490 e. The lowest BCUT2D eigenvalue weighted by atomic mass is 9.95. The number of rotatable bonds is 5. The molecular weight excluding hydrogens is 453 g/mol. The van der Waals surface area contributed by atoms with Gasteiger partial charge in [0.05, 0.1) is 34.1 Å². The molecule has 0 atom stereocenters. The molecule has 1 fully saturated rings. The van der Waals surface area contributed by atoms with Crippen molar-refractivity contribution in [2.24, 2.45) is 4.36 Å². The summed E-state index contributed by atoms with van der Waals surface area (Å²) < 4.78 is 36.4. The van der Waals surface area contributed by atoms with Crippen LogP contribution >= 0.6 is 11.6 Å². The van der Waals surface area contributed by atoms with Crippen molar-refractivity contribution < 1.29 is 18.4 Å². The first-order valence-corrected chi connectivity index (χ1v) is 13.1. The second-order valence-corrected chi connectivity index (χ2v) is 11.3. The van der Waals surface area contributed by atoms with Gasteiger partial charge < -0.3 is 9.84 Å². The molecule has 3 aromatic rings. The van der Waals surface area contributed by atoms with Crippen molar-refractivity contribution >= 4 is 37.9 Å². The number of halogens is 2. The molecule has 2 aromatic carbocycles. The number of aromatic nitrogens is 2. The van der Waals surface area contributed by atoms with Crippen LogP contribution in [0.5, 0.6) is 5.75 Å². The van der Waals surface area contributed by atoms with Crippen LogP contribution in [-0.2, 0) is 16.1 Å². The van der Waals surface area contributed by atoms with Gasteiger partial charge in [0, 0.05) is 45.7 Å². The first-order chi connectivity index (χ1) is 15.2. The van der Waals surface area contributed by atoms with Crippen molar-refractivity contribution in [1.82, 2.24) is 9.97 Å². The normalized spacial score (nSPS) is 19.2. The zero-order valence-corrected chi connectivity index (χ0v) is 19.5. The molecule has 9 heteroatoms. The lowest BCUT2D eigenvalue weighted by Gasteiger charge is -2.27. The Morgan fingerprint density at radius 1 is 1.19 bits per heavy atom. The molecule has 1 aliphatic rings. The summed E-state index contributed by atoms with van der Waals surface area (Å²) in [5.74, 6) is 0.0942. The van der Waals surface area contributed by atoms with E-state index in [-0.39, 0.29) is 18.0 Å². The quantitative estimate of drug-likeness (QED) is 0.555. The molecule has 0 spiro atoms. The second kappa shape index (κ2) is 9.29. The van der Waals surface area contributed by atoms with Crippen LogP contribution in [0.2, 0.25) is 5.02 Å². The van der Waals surface area contributed by atoms with Crippen LogP contribution in [-0.4, -0.2) is 44.0 Å². The van der Waals surface area contributed by atoms with E-state index < -0.39 is 9.73 Å². The number of benzene rings is 2. The van der Waals surface area contributed by atoms with E-state index in [1.54, 1.807) is 30.7 Å². The number of aliphatic hydroxyl groups is 1. The fourth-order valence-electron chi connectivity index (χ4n) is 3.94. The highest BCUT2D eigenvalue weighted by Crippen LogP contribution is 2.33. The second-order valence-electron chi connectivity index (χ2n) is 8.39. The van der Waals surface area contributed by atoms with Crippen LogP contribution in [0.1, 0.15) is 36.9 Å². The standard InChI is InChI=1S/C23H25ClFN3O3S/c1-32(2,30)28-16-11-19(24)23-20(26-13-27-21(23)12-16)9-14-3-4-15(25)10-22(14)31-18-7-5-17(29)6-8-18/h3-4,10-13,17-18,29H,5-9H2,1-2H3. The average molecular weight is 478 g/mol. The molecule has 1 N–H and O–H groups in total. The molecule has 0 radical (unpaired) electrons. The molecule has 0 unspecified atom stereocenters. The van der Waals surface area contributed by atoms with E-state index in [2.05, 4.69) is 14.3 Å². The highest BCUT2D eigenvalue weighted by atomic mass is 35.5. The maximum Gasteiger partial charge on any atom is 0.126 e. The summed E-state index contributed by atoms with van der Waals surface area (Å²) in [5.41, 5.74) is 2.55. The van der Waals surface area contributed by atoms with Gasteiger partial charge in [-0.3, -0.25) is 0 Å². The highest BCUT2D eigenvalue weighted by Gasteiger charge is 2.22. The Morgan fingerprint density at radius 3 is 2.66 bits per heavy atom. The van der Waals surface area contributed by atoms with Crippen molar-refractivity contribution in [3.05, 3.63) is 58.8 Å². The van der Waals surface area contributed by atoms with Crippen molar-refractivity contribution in [1.29, 1.82) is 0 Å². The van der Waals surface area contributed by atoms with E-state index in [4.69, 9.17) is 16.3 Å². The van der Waals surface area contributed by atoms with Gasteiger partial charge in [0.15, 0.2) is 0 Å². The predicted molar refractivity (Wildman–Crippen MR) is 125 cm³/mol. The highest BCUT2D eigenvalue weighted by molar-refractivity contribution is 7.92. The Balaban J connectivity index is 1.68. The number of hydrogen-bond donors (Lipinski definition) is 1. The van der Waals surface area contributed by atoms with Gasteiger partial charge in [-0.1, -0.05) is 17.7 Å². The summed E-state index contributed by atoms with van der Waals surface area (Å²) in [6.07, 6.45) is 7.38. The van der Waals surface area contributed by atoms with E-state index in [0.717, 1.165) is 18.4 Å². The van der Waals surface area contributed by atoms with Crippen molar-refractivity contribution in [2.75, 3.05) is 12.5 Å². The van der Waals surface area contributed by atoms with Gasteiger partial charge in [0.1, 0.15) is 17.9 Å². The Labute approximate surface area is 192 Å². The Morgan fingerprint density at radius 2 is 1.94 bits per heavy atom. The Kier molecular flexibility index (Phi) is 6.65. The predicted octanol–water partition coefficient (Wildman–Crippen LogP) is 5.05. The lowest BCUT2D eigenvalue weighted by molar-refractivity contribution is 0.0660. The summed E-state index contributed by atoms with van der Waals surface area (Å²) >= 11 is 6.55. The lowest BCUT2D eigenvalue weighted by Crippen LogP contribution is -2.26. The average Bonchev–Trinajstić information content (AvgIpc) is 2.70. The molecular formula is C23H25ClFN3O3S. The summed E-state index contributed by atoms with van der Waals surface area (Å²) in [6.45, 7) is 0. The molecule has 0 aliphatic heterocycles. The minimum Gasteiger partial charge on any atom is -0.490 e. The molecule has 170 valence electrons. The van der Waals surface area contributed by atoms with Crippen LogP contribution in [0.4, 0.5) is 10.1 Å². The smallest absolute Gasteiger partial charge is 0.126 e. The van der Waals surface area contributed by atoms with Gasteiger partial charge in [-0.05, 0) is 43.9 Å². The van der Waals surface area contributed by atoms with Gasteiger partial charge >= 0.3 is 0 Å². The summed E-state index contributed by atoms with van der Waals surface area (Å²) in [5, 5.41) is 10.8. The molecule has 0 saturated heterocycles. The minimum absolute atomic E-state index is 0.0632. The third-order valence-corrected chi connectivity index (χ3v) is 6.35. The number of hydrogen-bond acceptors (Lipinski definition) is 6. The molecule has 0 bridgehead atoms. The van der Waals surface area contributed by atoms with Crippen LogP contribution in [0.25, 0.3) is 10.9 Å². The SMILES string of the molecule is CS(C)(=O)=Nc1cc(Cl)c2c(Cc3ccc(F)cc3OC3CCC(O)CC3)ncnc2c1. The summed E-state index contributed by atoms with van der Waals surface area (Å²) in [4.78, 5) is 8.73. The third kappa shape index (κ3) is 5.54. The Hall–Kier alpha value is -2.29. The molecule has 6 nitrogen and oxygen atoms in total. The number of aliphatic hydroxyl groups excluding tert-OH is 1. The monoisotopic (exact) mass is 477 g/mol. The minimum atomic E-state index is -2.34. The van der Waals surface area contributed by atoms with Crippen molar-refractivity contribution in [2.45, 2.75) is 44.3 Å². The number of fused-ring (bicyclic) bond motifs is 1. The van der Waals surface area contributed by atoms with Crippen molar-refractivity contribution in [3.8, 4) is 5.75 Å². The molecule has 32 heavy (non-hydrogen) atoms. The summed E-state index contributed by atoms with van der Waals surface area (Å²) in [7, 11) is -2.34. The topological polar surface area (TPSA) is 84.7 Å². The van der Waals surface area contributed by atoms with Crippen LogP contribution in [0.15, 0.2) is 41.0 Å². The van der Waals surface area contributed by atoms with Gasteiger partial charge in [-0.25, -0.2) is 18.6 Å². The fourth-order valence-corrected chi connectivity index (χ4v) is 4.87. The van der Waals surface area contributed by atoms with Gasteiger partial charge in [0.2, 0.25) is 0 Å². The van der Waals surface area contributed by atoms with Crippen LogP contribution in [0.3, 0.4) is 0 Å². The fraction of sp³-hybridized carbons (Fsp3) is 0.391. The number of nitrogens with zero attached hydrogens (tertiary/aromatic N) is 3.